The van der Waals surface area contributed by atoms with Crippen molar-refractivity contribution in [3.63, 3.8) is 0 Å². The van der Waals surface area contributed by atoms with Crippen molar-refractivity contribution in [1.29, 1.82) is 0 Å². The van der Waals surface area contributed by atoms with Crippen LogP contribution in [0.4, 0.5) is 0 Å². The van der Waals surface area contributed by atoms with Crippen molar-refractivity contribution in [3.8, 4) is 0 Å². The van der Waals surface area contributed by atoms with Crippen LogP contribution in [0.2, 0.25) is 0 Å². The van der Waals surface area contributed by atoms with Crippen molar-refractivity contribution < 1.29 is 14.3 Å². The van der Waals surface area contributed by atoms with Gasteiger partial charge in [0.2, 0.25) is 5.91 Å². The topological polar surface area (TPSA) is 46.6 Å². The van der Waals surface area contributed by atoms with E-state index in [1.165, 1.54) is 0 Å². The second-order valence-corrected chi connectivity index (χ2v) is 3.68. The summed E-state index contributed by atoms with van der Waals surface area (Å²) in [5.41, 5.74) is 0. The molecule has 2 unspecified atom stereocenters. The first-order valence-electron chi connectivity index (χ1n) is 4.63. The number of likely N-dealkylation sites (tertiary alicyclic amines) is 1. The molecule has 4 nitrogen and oxygen atoms in total. The van der Waals surface area contributed by atoms with Crippen molar-refractivity contribution in [2.24, 2.45) is 0 Å². The van der Waals surface area contributed by atoms with Crippen LogP contribution in [-0.4, -0.2) is 36.0 Å². The molecule has 0 bridgehead atoms. The van der Waals surface area contributed by atoms with Gasteiger partial charge in [-0.05, 0) is 12.8 Å². The molecule has 72 valence electrons. The van der Waals surface area contributed by atoms with Gasteiger partial charge in [-0.25, -0.2) is 0 Å². The number of nitrogens with zero attached hydrogens (tertiary/aromatic N) is 1. The first-order valence-corrected chi connectivity index (χ1v) is 4.63. The van der Waals surface area contributed by atoms with Crippen molar-refractivity contribution in [1.82, 2.24) is 4.90 Å². The highest BCUT2D eigenvalue weighted by Crippen LogP contribution is 2.27. The Hall–Kier alpha value is -1.06. The van der Waals surface area contributed by atoms with Crippen LogP contribution in [0.1, 0.15) is 25.7 Å². The SMILES string of the molecule is CN1C(=O)CCC1C1CCC(=O)O1. The fraction of sp³-hybridized carbons (Fsp3) is 0.778. The van der Waals surface area contributed by atoms with Gasteiger partial charge in [-0.2, -0.15) is 0 Å². The van der Waals surface area contributed by atoms with E-state index in [1.807, 2.05) is 0 Å². The molecule has 2 aliphatic rings. The van der Waals surface area contributed by atoms with Crippen molar-refractivity contribution in [2.45, 2.75) is 37.8 Å². The van der Waals surface area contributed by atoms with Gasteiger partial charge in [-0.15, -0.1) is 0 Å². The Morgan fingerprint density at radius 1 is 1.31 bits per heavy atom. The van der Waals surface area contributed by atoms with Gasteiger partial charge in [0.25, 0.3) is 0 Å². The highest BCUT2D eigenvalue weighted by molar-refractivity contribution is 5.79. The predicted molar refractivity (Wildman–Crippen MR) is 44.9 cm³/mol. The number of carbonyl (C=O) groups is 2. The standard InChI is InChI=1S/C9H13NO3/c1-10-6(2-4-8(10)11)7-3-5-9(12)13-7/h6-7H,2-5H2,1H3. The number of rotatable bonds is 1. The lowest BCUT2D eigenvalue weighted by molar-refractivity contribution is -0.144. The van der Waals surface area contributed by atoms with Gasteiger partial charge >= 0.3 is 5.97 Å². The maximum Gasteiger partial charge on any atom is 0.306 e. The van der Waals surface area contributed by atoms with Crippen LogP contribution >= 0.6 is 0 Å². The molecule has 1 amide bonds. The molecular formula is C9H13NO3. The summed E-state index contributed by atoms with van der Waals surface area (Å²) < 4.78 is 5.13. The molecule has 0 aromatic carbocycles. The highest BCUT2D eigenvalue weighted by Gasteiger charge is 2.38. The van der Waals surface area contributed by atoms with Gasteiger partial charge in [-0.3, -0.25) is 9.59 Å². The molecule has 2 rings (SSSR count). The van der Waals surface area contributed by atoms with E-state index in [-0.39, 0.29) is 24.0 Å². The van der Waals surface area contributed by atoms with Crippen LogP contribution in [0.5, 0.6) is 0 Å². The number of carbonyl (C=O) groups excluding carboxylic acids is 2. The normalized spacial score (nSPS) is 34.1. The maximum atomic E-state index is 11.2. The minimum atomic E-state index is -0.127. The average Bonchev–Trinajstić information content (AvgIpc) is 2.62. The van der Waals surface area contributed by atoms with E-state index in [4.69, 9.17) is 4.74 Å². The van der Waals surface area contributed by atoms with Crippen LogP contribution in [0.25, 0.3) is 0 Å². The van der Waals surface area contributed by atoms with E-state index < -0.39 is 0 Å². The first-order chi connectivity index (χ1) is 6.18. The molecule has 2 fully saturated rings. The summed E-state index contributed by atoms with van der Waals surface area (Å²) in [6, 6.07) is 0.124. The summed E-state index contributed by atoms with van der Waals surface area (Å²) in [4.78, 5) is 23.8. The molecule has 0 aromatic heterocycles. The first kappa shape index (κ1) is 8.53. The molecule has 2 atom stereocenters. The predicted octanol–water partition coefficient (Wildman–Crippen LogP) is 0.313. The van der Waals surface area contributed by atoms with E-state index in [0.29, 0.717) is 12.8 Å². The molecule has 2 saturated heterocycles. The number of esters is 1. The largest absolute Gasteiger partial charge is 0.460 e. The zero-order chi connectivity index (χ0) is 9.42. The summed E-state index contributed by atoms with van der Waals surface area (Å²) >= 11 is 0. The van der Waals surface area contributed by atoms with E-state index in [9.17, 15) is 9.59 Å². The monoisotopic (exact) mass is 183 g/mol. The van der Waals surface area contributed by atoms with Gasteiger partial charge in [0.1, 0.15) is 6.10 Å². The van der Waals surface area contributed by atoms with E-state index >= 15 is 0 Å². The van der Waals surface area contributed by atoms with Crippen LogP contribution in [-0.2, 0) is 14.3 Å². The zero-order valence-electron chi connectivity index (χ0n) is 7.66. The number of amides is 1. The second kappa shape index (κ2) is 3.01. The number of ether oxygens (including phenoxy) is 1. The fourth-order valence-corrected chi connectivity index (χ4v) is 2.08. The van der Waals surface area contributed by atoms with Crippen LogP contribution in [0, 0.1) is 0 Å². The average molecular weight is 183 g/mol. The molecular weight excluding hydrogens is 170 g/mol. The van der Waals surface area contributed by atoms with Crippen LogP contribution in [0.15, 0.2) is 0 Å². The Bertz CT molecular complexity index is 251. The zero-order valence-corrected chi connectivity index (χ0v) is 7.66. The number of hydrogen-bond acceptors (Lipinski definition) is 3. The molecule has 2 aliphatic heterocycles. The third kappa shape index (κ3) is 1.41. The summed E-state index contributed by atoms with van der Waals surface area (Å²) in [5.74, 6) is 0.0331. The van der Waals surface area contributed by atoms with Crippen molar-refractivity contribution >= 4 is 11.9 Å². The lowest BCUT2D eigenvalue weighted by Gasteiger charge is -2.24. The molecule has 0 aliphatic carbocycles. The Kier molecular flexibility index (Phi) is 1.98. The second-order valence-electron chi connectivity index (χ2n) is 3.68. The molecule has 2 heterocycles. The minimum Gasteiger partial charge on any atom is -0.460 e. The Labute approximate surface area is 76.8 Å². The molecule has 4 heteroatoms. The summed E-state index contributed by atoms with van der Waals surface area (Å²) in [6.45, 7) is 0. The van der Waals surface area contributed by atoms with E-state index in [2.05, 4.69) is 0 Å². The number of cyclic esters (lactones) is 1. The molecule has 0 radical (unpaired) electrons. The van der Waals surface area contributed by atoms with E-state index in [0.717, 1.165) is 12.8 Å². The summed E-state index contributed by atoms with van der Waals surface area (Å²) in [7, 11) is 1.78. The number of hydrogen-bond donors (Lipinski definition) is 0. The lowest BCUT2D eigenvalue weighted by atomic mass is 10.1. The smallest absolute Gasteiger partial charge is 0.306 e. The summed E-state index contributed by atoms with van der Waals surface area (Å²) in [6.07, 6.45) is 2.64. The van der Waals surface area contributed by atoms with Crippen molar-refractivity contribution in [3.05, 3.63) is 0 Å². The van der Waals surface area contributed by atoms with Crippen LogP contribution < -0.4 is 0 Å². The third-order valence-corrected chi connectivity index (χ3v) is 2.89. The number of likely N-dealkylation sites (N-methyl/N-ethyl adjacent to an activating group) is 1. The van der Waals surface area contributed by atoms with Gasteiger partial charge in [0, 0.05) is 19.9 Å². The molecule has 0 N–H and O–H groups in total. The van der Waals surface area contributed by atoms with Gasteiger partial charge in [0.15, 0.2) is 0 Å². The third-order valence-electron chi connectivity index (χ3n) is 2.89. The molecule has 0 spiro atoms. The Balaban J connectivity index is 2.02. The Morgan fingerprint density at radius 3 is 2.54 bits per heavy atom. The van der Waals surface area contributed by atoms with Gasteiger partial charge in [0.05, 0.1) is 6.04 Å². The molecule has 13 heavy (non-hydrogen) atoms. The van der Waals surface area contributed by atoms with E-state index in [1.54, 1.807) is 11.9 Å². The highest BCUT2D eigenvalue weighted by atomic mass is 16.6. The minimum absolute atomic E-state index is 0.0519. The van der Waals surface area contributed by atoms with Crippen molar-refractivity contribution in [2.75, 3.05) is 7.05 Å². The Morgan fingerprint density at radius 2 is 2.08 bits per heavy atom. The molecule has 0 aromatic rings. The van der Waals surface area contributed by atoms with Gasteiger partial charge < -0.3 is 9.64 Å². The van der Waals surface area contributed by atoms with Gasteiger partial charge in [-0.1, -0.05) is 0 Å². The fourth-order valence-electron chi connectivity index (χ4n) is 2.08. The quantitative estimate of drug-likeness (QED) is 0.550. The van der Waals surface area contributed by atoms with Crippen LogP contribution in [0.3, 0.4) is 0 Å². The molecule has 0 saturated carbocycles. The maximum absolute atomic E-state index is 11.2. The summed E-state index contributed by atoms with van der Waals surface area (Å²) in [5, 5.41) is 0. The lowest BCUT2D eigenvalue weighted by Crippen LogP contribution is -2.38.